The predicted molar refractivity (Wildman–Crippen MR) is 62.6 cm³/mol. The number of hydrogen-bond acceptors (Lipinski definition) is 6. The number of nitrogens with zero attached hydrogens (tertiary/aromatic N) is 2. The van der Waals surface area contributed by atoms with E-state index in [9.17, 15) is 14.7 Å². The van der Waals surface area contributed by atoms with Crippen molar-refractivity contribution in [2.24, 2.45) is 0 Å². The van der Waals surface area contributed by atoms with E-state index in [0.717, 1.165) is 0 Å². The highest BCUT2D eigenvalue weighted by Gasteiger charge is 2.35. The van der Waals surface area contributed by atoms with Crippen LogP contribution in [-0.4, -0.2) is 48.5 Å². The number of ether oxygens (including phenoxy) is 1. The Hall–Kier alpha value is -1.97. The molecule has 1 aliphatic heterocycles. The third-order valence-electron chi connectivity index (χ3n) is 3.13. The molecule has 102 valence electrons. The maximum Gasteiger partial charge on any atom is 0.351 e. The highest BCUT2D eigenvalue weighted by molar-refractivity contribution is 5.67. The van der Waals surface area contributed by atoms with Crippen LogP contribution in [0, 0.1) is 0 Å². The molecule has 1 aliphatic rings. The van der Waals surface area contributed by atoms with Crippen LogP contribution < -0.4 is 11.4 Å². The highest BCUT2D eigenvalue weighted by Crippen LogP contribution is 2.27. The smallest absolute Gasteiger partial charge is 0.351 e. The van der Waals surface area contributed by atoms with Crippen LogP contribution in [0.25, 0.3) is 11.2 Å². The van der Waals surface area contributed by atoms with Crippen molar-refractivity contribution in [3.8, 4) is 0 Å². The standard InChI is InChI=1S/C10H12N4O5/c15-3-6-5(16)1-7(19-6)14-2-4-8(13-10(14)18)12-9(17)11-4/h2,5-7,15-16H,1,3H2,(H2,11,12,13,17,18)/t5-,6+,7+/m0/s1. The number of hydrogen-bond donors (Lipinski definition) is 4. The lowest BCUT2D eigenvalue weighted by Crippen LogP contribution is -2.27. The zero-order valence-corrected chi connectivity index (χ0v) is 9.74. The third kappa shape index (κ3) is 1.97. The van der Waals surface area contributed by atoms with Gasteiger partial charge >= 0.3 is 11.4 Å². The maximum absolute atomic E-state index is 11.8. The molecule has 3 heterocycles. The summed E-state index contributed by atoms with van der Waals surface area (Å²) in [6.07, 6.45) is -0.706. The van der Waals surface area contributed by atoms with Gasteiger partial charge in [-0.15, -0.1) is 0 Å². The predicted octanol–water partition coefficient (Wildman–Crippen LogP) is -1.95. The molecule has 0 unspecified atom stereocenters. The molecular formula is C10H12N4O5. The van der Waals surface area contributed by atoms with Crippen molar-refractivity contribution in [3.05, 3.63) is 27.2 Å². The Labute approximate surface area is 105 Å². The van der Waals surface area contributed by atoms with Gasteiger partial charge in [0.15, 0.2) is 5.65 Å². The van der Waals surface area contributed by atoms with Crippen molar-refractivity contribution >= 4 is 11.2 Å². The molecule has 19 heavy (non-hydrogen) atoms. The van der Waals surface area contributed by atoms with Crippen LogP contribution in [-0.2, 0) is 4.74 Å². The Balaban J connectivity index is 2.03. The van der Waals surface area contributed by atoms with Crippen LogP contribution >= 0.6 is 0 Å². The summed E-state index contributed by atoms with van der Waals surface area (Å²) in [5.74, 6) is 0. The van der Waals surface area contributed by atoms with Gasteiger partial charge in [0, 0.05) is 12.6 Å². The molecule has 9 heteroatoms. The molecule has 4 N–H and O–H groups in total. The van der Waals surface area contributed by atoms with Crippen LogP contribution in [0.5, 0.6) is 0 Å². The van der Waals surface area contributed by atoms with Gasteiger partial charge in [0.25, 0.3) is 0 Å². The zero-order chi connectivity index (χ0) is 13.6. The van der Waals surface area contributed by atoms with Gasteiger partial charge in [-0.05, 0) is 0 Å². The SMILES string of the molecule is O=c1[nH]c2cn([C@H]3C[C@H](O)[C@@H](CO)O3)c(=O)nc2[nH]1. The molecule has 3 atom stereocenters. The second-order valence-corrected chi connectivity index (χ2v) is 4.39. The summed E-state index contributed by atoms with van der Waals surface area (Å²) in [6, 6.07) is 0. The van der Waals surface area contributed by atoms with E-state index in [1.807, 2.05) is 0 Å². The van der Waals surface area contributed by atoms with Crippen LogP contribution in [0.15, 0.2) is 15.8 Å². The summed E-state index contributed by atoms with van der Waals surface area (Å²) in [6.45, 7) is -0.330. The number of rotatable bonds is 2. The minimum atomic E-state index is -0.845. The Morgan fingerprint density at radius 3 is 2.95 bits per heavy atom. The lowest BCUT2D eigenvalue weighted by molar-refractivity contribution is -0.0457. The molecule has 1 fully saturated rings. The molecule has 0 aromatic carbocycles. The van der Waals surface area contributed by atoms with Crippen molar-refractivity contribution in [1.82, 2.24) is 19.5 Å². The molecular weight excluding hydrogens is 256 g/mol. The second-order valence-electron chi connectivity index (χ2n) is 4.39. The second kappa shape index (κ2) is 4.30. The molecule has 0 saturated carbocycles. The van der Waals surface area contributed by atoms with Crippen molar-refractivity contribution in [2.45, 2.75) is 24.9 Å². The zero-order valence-electron chi connectivity index (χ0n) is 9.74. The van der Waals surface area contributed by atoms with Crippen LogP contribution in [0.2, 0.25) is 0 Å². The molecule has 3 rings (SSSR count). The van der Waals surface area contributed by atoms with Crippen molar-refractivity contribution in [1.29, 1.82) is 0 Å². The number of fused-ring (bicyclic) bond motifs is 1. The molecule has 1 saturated heterocycles. The van der Waals surface area contributed by atoms with Gasteiger partial charge in [0.05, 0.1) is 12.7 Å². The minimum absolute atomic E-state index is 0.170. The first kappa shape index (κ1) is 12.1. The lowest BCUT2D eigenvalue weighted by Gasteiger charge is -2.13. The quantitative estimate of drug-likeness (QED) is 0.500. The summed E-state index contributed by atoms with van der Waals surface area (Å²) in [5, 5.41) is 18.6. The van der Waals surface area contributed by atoms with Gasteiger partial charge in [-0.25, -0.2) is 9.59 Å². The number of aliphatic hydroxyl groups is 2. The molecule has 0 spiro atoms. The van der Waals surface area contributed by atoms with Crippen molar-refractivity contribution in [3.63, 3.8) is 0 Å². The number of aliphatic hydroxyl groups excluding tert-OH is 2. The first-order chi connectivity index (χ1) is 9.08. The van der Waals surface area contributed by atoms with E-state index in [1.54, 1.807) is 0 Å². The first-order valence-corrected chi connectivity index (χ1v) is 5.74. The largest absolute Gasteiger partial charge is 0.394 e. The molecule has 0 aliphatic carbocycles. The summed E-state index contributed by atoms with van der Waals surface area (Å²) >= 11 is 0. The fourth-order valence-corrected chi connectivity index (χ4v) is 2.17. The normalized spacial score (nSPS) is 27.2. The van der Waals surface area contributed by atoms with Crippen LogP contribution in [0.1, 0.15) is 12.6 Å². The van der Waals surface area contributed by atoms with Crippen molar-refractivity contribution in [2.75, 3.05) is 6.61 Å². The van der Waals surface area contributed by atoms with Gasteiger partial charge in [-0.3, -0.25) is 9.55 Å². The first-order valence-electron chi connectivity index (χ1n) is 5.74. The van der Waals surface area contributed by atoms with E-state index < -0.39 is 29.8 Å². The minimum Gasteiger partial charge on any atom is -0.394 e. The van der Waals surface area contributed by atoms with Gasteiger partial charge in [0.2, 0.25) is 0 Å². The summed E-state index contributed by atoms with van der Waals surface area (Å²) in [7, 11) is 0. The van der Waals surface area contributed by atoms with E-state index in [-0.39, 0.29) is 18.7 Å². The van der Waals surface area contributed by atoms with Gasteiger partial charge < -0.3 is 19.9 Å². The summed E-state index contributed by atoms with van der Waals surface area (Å²) in [5.41, 5.74) is -0.516. The van der Waals surface area contributed by atoms with E-state index >= 15 is 0 Å². The Morgan fingerprint density at radius 1 is 1.47 bits per heavy atom. The average Bonchev–Trinajstić information content (AvgIpc) is 2.89. The number of aromatic amines is 2. The van der Waals surface area contributed by atoms with Crippen LogP contribution in [0.4, 0.5) is 0 Å². The van der Waals surface area contributed by atoms with Gasteiger partial charge in [-0.1, -0.05) is 0 Å². The Morgan fingerprint density at radius 2 is 2.26 bits per heavy atom. The molecule has 0 radical (unpaired) electrons. The molecule has 2 aromatic rings. The monoisotopic (exact) mass is 268 g/mol. The number of aromatic nitrogens is 4. The molecule has 2 aromatic heterocycles. The number of nitrogens with one attached hydrogen (secondary N) is 2. The summed E-state index contributed by atoms with van der Waals surface area (Å²) < 4.78 is 6.55. The van der Waals surface area contributed by atoms with Crippen molar-refractivity contribution < 1.29 is 14.9 Å². The van der Waals surface area contributed by atoms with E-state index in [4.69, 9.17) is 9.84 Å². The Bertz CT molecular complexity index is 717. The lowest BCUT2D eigenvalue weighted by atomic mass is 10.2. The summed E-state index contributed by atoms with van der Waals surface area (Å²) in [4.78, 5) is 31.5. The van der Waals surface area contributed by atoms with E-state index in [1.165, 1.54) is 10.8 Å². The van der Waals surface area contributed by atoms with Gasteiger partial charge in [-0.2, -0.15) is 4.98 Å². The van der Waals surface area contributed by atoms with Gasteiger partial charge in [0.1, 0.15) is 17.8 Å². The highest BCUT2D eigenvalue weighted by atomic mass is 16.5. The van der Waals surface area contributed by atoms with E-state index in [2.05, 4.69) is 15.0 Å². The Kier molecular flexibility index (Phi) is 2.73. The fraction of sp³-hybridized carbons (Fsp3) is 0.500. The van der Waals surface area contributed by atoms with Crippen LogP contribution in [0.3, 0.4) is 0 Å². The molecule has 0 amide bonds. The topological polar surface area (TPSA) is 133 Å². The number of H-pyrrole nitrogens is 2. The molecule has 9 nitrogen and oxygen atoms in total. The average molecular weight is 268 g/mol. The molecule has 0 bridgehead atoms. The van der Waals surface area contributed by atoms with E-state index in [0.29, 0.717) is 5.52 Å². The third-order valence-corrected chi connectivity index (χ3v) is 3.13. The number of imidazole rings is 1. The fourth-order valence-electron chi connectivity index (χ4n) is 2.17. The maximum atomic E-state index is 11.8.